The van der Waals surface area contributed by atoms with Crippen LogP contribution in [-0.2, 0) is 0 Å². The van der Waals surface area contributed by atoms with Crippen LogP contribution in [0.1, 0.15) is 0 Å². The van der Waals surface area contributed by atoms with Gasteiger partial charge < -0.3 is 9.80 Å². The molecule has 0 atom stereocenters. The smallest absolute Gasteiger partial charge is 0.143 e. The van der Waals surface area contributed by atoms with Crippen LogP contribution in [-0.4, -0.2) is 31.2 Å². The Balaban J connectivity index is 1.70. The Morgan fingerprint density at radius 2 is 1.71 bits per heavy atom. The van der Waals surface area contributed by atoms with E-state index >= 15 is 0 Å². The van der Waals surface area contributed by atoms with Crippen molar-refractivity contribution in [2.24, 2.45) is 0 Å². The Bertz CT molecular complexity index is 643. The third-order valence-corrected chi connectivity index (χ3v) is 4.79. The van der Waals surface area contributed by atoms with Crippen molar-refractivity contribution in [1.29, 1.82) is 0 Å². The van der Waals surface area contributed by atoms with Crippen molar-refractivity contribution >= 4 is 55.0 Å². The SMILES string of the molecule is Clc1cccc(N2CCN(c3ncc(Br)cc3Br)CC2)c1. The van der Waals surface area contributed by atoms with E-state index in [2.05, 4.69) is 52.7 Å². The molecule has 1 saturated heterocycles. The van der Waals surface area contributed by atoms with Crippen LogP contribution < -0.4 is 9.80 Å². The van der Waals surface area contributed by atoms with E-state index in [9.17, 15) is 0 Å². The summed E-state index contributed by atoms with van der Waals surface area (Å²) in [6.45, 7) is 3.81. The summed E-state index contributed by atoms with van der Waals surface area (Å²) in [4.78, 5) is 9.17. The monoisotopic (exact) mass is 429 g/mol. The summed E-state index contributed by atoms with van der Waals surface area (Å²) in [7, 11) is 0. The van der Waals surface area contributed by atoms with E-state index in [0.29, 0.717) is 0 Å². The Hall–Kier alpha value is -0.780. The number of anilines is 2. The molecule has 1 aliphatic heterocycles. The molecule has 6 heteroatoms. The Kier molecular flexibility index (Phi) is 4.72. The van der Waals surface area contributed by atoms with E-state index in [1.165, 1.54) is 5.69 Å². The minimum atomic E-state index is 0.784. The third kappa shape index (κ3) is 3.52. The zero-order valence-corrected chi connectivity index (χ0v) is 15.2. The molecule has 21 heavy (non-hydrogen) atoms. The average molecular weight is 432 g/mol. The zero-order valence-electron chi connectivity index (χ0n) is 11.3. The highest BCUT2D eigenvalue weighted by molar-refractivity contribution is 9.11. The summed E-state index contributed by atoms with van der Waals surface area (Å²) in [6, 6.07) is 10.1. The molecule has 1 aromatic carbocycles. The molecular weight excluding hydrogens is 417 g/mol. The van der Waals surface area contributed by atoms with Gasteiger partial charge in [0.15, 0.2) is 0 Å². The van der Waals surface area contributed by atoms with Crippen molar-refractivity contribution < 1.29 is 0 Å². The van der Waals surface area contributed by atoms with Gasteiger partial charge in [-0.15, -0.1) is 0 Å². The fourth-order valence-corrected chi connectivity index (χ4v) is 3.91. The van der Waals surface area contributed by atoms with Crippen molar-refractivity contribution in [3.8, 4) is 0 Å². The summed E-state index contributed by atoms with van der Waals surface area (Å²) in [5.41, 5.74) is 1.19. The Labute approximate surface area is 146 Å². The molecule has 0 spiro atoms. The first kappa shape index (κ1) is 15.1. The maximum Gasteiger partial charge on any atom is 0.143 e. The van der Waals surface area contributed by atoms with E-state index in [1.54, 1.807) is 0 Å². The van der Waals surface area contributed by atoms with Crippen LogP contribution in [0.25, 0.3) is 0 Å². The van der Waals surface area contributed by atoms with E-state index in [-0.39, 0.29) is 0 Å². The van der Waals surface area contributed by atoms with E-state index in [0.717, 1.165) is 46.0 Å². The van der Waals surface area contributed by atoms with Crippen LogP contribution in [0, 0.1) is 0 Å². The van der Waals surface area contributed by atoms with Crippen molar-refractivity contribution in [2.75, 3.05) is 36.0 Å². The molecule has 0 saturated carbocycles. The van der Waals surface area contributed by atoms with Gasteiger partial charge in [-0.2, -0.15) is 0 Å². The van der Waals surface area contributed by atoms with Gasteiger partial charge in [-0.05, 0) is 56.1 Å². The van der Waals surface area contributed by atoms with Gasteiger partial charge in [0.2, 0.25) is 0 Å². The minimum absolute atomic E-state index is 0.784. The lowest BCUT2D eigenvalue weighted by molar-refractivity contribution is 0.646. The quantitative estimate of drug-likeness (QED) is 0.694. The molecular formula is C15H14Br2ClN3. The molecule has 0 bridgehead atoms. The lowest BCUT2D eigenvalue weighted by atomic mass is 10.2. The van der Waals surface area contributed by atoms with Gasteiger partial charge >= 0.3 is 0 Å². The molecule has 0 unspecified atom stereocenters. The molecule has 3 rings (SSSR count). The van der Waals surface area contributed by atoms with Gasteiger partial charge in [0.25, 0.3) is 0 Å². The predicted molar refractivity (Wildman–Crippen MR) is 95.5 cm³/mol. The van der Waals surface area contributed by atoms with Crippen LogP contribution in [0.2, 0.25) is 5.02 Å². The summed E-state index contributed by atoms with van der Waals surface area (Å²) in [5, 5.41) is 0.784. The Morgan fingerprint density at radius 3 is 2.38 bits per heavy atom. The number of pyridine rings is 1. The lowest BCUT2D eigenvalue weighted by Crippen LogP contribution is -2.47. The second-order valence-electron chi connectivity index (χ2n) is 4.91. The topological polar surface area (TPSA) is 19.4 Å². The lowest BCUT2D eigenvalue weighted by Gasteiger charge is -2.37. The maximum atomic E-state index is 6.07. The van der Waals surface area contributed by atoms with Gasteiger partial charge in [-0.1, -0.05) is 17.7 Å². The predicted octanol–water partition coefficient (Wildman–Crippen LogP) is 4.59. The van der Waals surface area contributed by atoms with Crippen LogP contribution in [0.3, 0.4) is 0 Å². The van der Waals surface area contributed by atoms with E-state index in [4.69, 9.17) is 11.6 Å². The fourth-order valence-electron chi connectivity index (χ4n) is 2.49. The number of nitrogens with zero attached hydrogens (tertiary/aromatic N) is 3. The van der Waals surface area contributed by atoms with E-state index in [1.807, 2.05) is 30.5 Å². The molecule has 3 nitrogen and oxygen atoms in total. The summed E-state index contributed by atoms with van der Waals surface area (Å²) in [6.07, 6.45) is 1.84. The summed E-state index contributed by atoms with van der Waals surface area (Å²) in [5.74, 6) is 1.00. The van der Waals surface area contributed by atoms with Gasteiger partial charge in [-0.25, -0.2) is 4.98 Å². The second kappa shape index (κ2) is 6.55. The Morgan fingerprint density at radius 1 is 1.00 bits per heavy atom. The fraction of sp³-hybridized carbons (Fsp3) is 0.267. The van der Waals surface area contributed by atoms with Crippen LogP contribution in [0.5, 0.6) is 0 Å². The molecule has 2 heterocycles. The number of benzene rings is 1. The zero-order chi connectivity index (χ0) is 14.8. The first-order chi connectivity index (χ1) is 10.1. The highest BCUT2D eigenvalue weighted by Crippen LogP contribution is 2.28. The minimum Gasteiger partial charge on any atom is -0.368 e. The highest BCUT2D eigenvalue weighted by atomic mass is 79.9. The molecule has 1 aliphatic rings. The van der Waals surface area contributed by atoms with E-state index < -0.39 is 0 Å². The first-order valence-electron chi connectivity index (χ1n) is 6.70. The molecule has 110 valence electrons. The normalized spacial score (nSPS) is 15.4. The molecule has 1 fully saturated rings. The molecule has 0 aliphatic carbocycles. The number of hydrogen-bond acceptors (Lipinski definition) is 3. The van der Waals surface area contributed by atoms with Crippen molar-refractivity contribution in [3.05, 3.63) is 50.5 Å². The third-order valence-electron chi connectivity index (χ3n) is 3.54. The second-order valence-corrected chi connectivity index (χ2v) is 7.12. The van der Waals surface area contributed by atoms with Crippen LogP contribution in [0.15, 0.2) is 45.5 Å². The average Bonchev–Trinajstić information content (AvgIpc) is 2.47. The number of halogens is 3. The van der Waals surface area contributed by atoms with Crippen LogP contribution >= 0.6 is 43.5 Å². The molecule has 0 amide bonds. The number of aromatic nitrogens is 1. The van der Waals surface area contributed by atoms with Crippen molar-refractivity contribution in [3.63, 3.8) is 0 Å². The van der Waals surface area contributed by atoms with Gasteiger partial charge in [-0.3, -0.25) is 0 Å². The first-order valence-corrected chi connectivity index (χ1v) is 8.66. The van der Waals surface area contributed by atoms with Gasteiger partial charge in [0.05, 0.1) is 4.47 Å². The summed E-state index contributed by atoms with van der Waals surface area (Å²) < 4.78 is 2.00. The van der Waals surface area contributed by atoms with Crippen molar-refractivity contribution in [2.45, 2.75) is 0 Å². The standard InChI is InChI=1S/C15H14Br2ClN3/c16-11-8-14(17)15(19-10-11)21-6-4-20(5-7-21)13-3-1-2-12(18)9-13/h1-3,8-10H,4-7H2. The van der Waals surface area contributed by atoms with Gasteiger partial charge in [0.1, 0.15) is 5.82 Å². The maximum absolute atomic E-state index is 6.07. The number of piperazine rings is 1. The van der Waals surface area contributed by atoms with Crippen molar-refractivity contribution in [1.82, 2.24) is 4.98 Å². The number of hydrogen-bond donors (Lipinski definition) is 0. The molecule has 0 radical (unpaired) electrons. The highest BCUT2D eigenvalue weighted by Gasteiger charge is 2.20. The largest absolute Gasteiger partial charge is 0.368 e. The van der Waals surface area contributed by atoms with Gasteiger partial charge in [0, 0.05) is 47.6 Å². The summed E-state index contributed by atoms with van der Waals surface area (Å²) >= 11 is 13.1. The number of rotatable bonds is 2. The molecule has 1 aromatic heterocycles. The molecule has 2 aromatic rings. The molecule has 0 N–H and O–H groups in total. The van der Waals surface area contributed by atoms with Crippen LogP contribution in [0.4, 0.5) is 11.5 Å².